The zero-order valence-electron chi connectivity index (χ0n) is 37.2. The van der Waals surface area contributed by atoms with Crippen LogP contribution in [0, 0.1) is 0 Å². The first-order valence-electron chi connectivity index (χ1n) is 23.6. The Hall–Kier alpha value is -2.03. The monoisotopic (exact) mass is 838 g/mol. The Labute approximate surface area is 355 Å². The Morgan fingerprint density at radius 2 is 0.948 bits per heavy atom. The fourth-order valence-corrected chi connectivity index (χ4v) is 7.13. The maximum Gasteiger partial charge on any atom is 0.472 e. The number of aliphatic hydroxyl groups excluding tert-OH is 1. The Balaban J connectivity index is 3.57. The normalized spacial score (nSPS) is 13.7. The zero-order chi connectivity index (χ0) is 42.5. The highest BCUT2D eigenvalue weighted by Gasteiger charge is 2.23. The Morgan fingerprint density at radius 3 is 1.43 bits per heavy atom. The van der Waals surface area contributed by atoms with Gasteiger partial charge in [0.15, 0.2) is 0 Å². The summed E-state index contributed by atoms with van der Waals surface area (Å²) >= 11 is 0. The van der Waals surface area contributed by atoms with Crippen LogP contribution in [0.15, 0.2) is 48.6 Å². The molecule has 0 spiro atoms. The summed E-state index contributed by atoms with van der Waals surface area (Å²) < 4.78 is 26.9. The van der Waals surface area contributed by atoms with E-state index in [1.54, 1.807) is 0 Å². The van der Waals surface area contributed by atoms with Crippen molar-refractivity contribution in [3.63, 3.8) is 0 Å². The molecule has 2 unspecified atom stereocenters. The second-order valence-corrected chi connectivity index (χ2v) is 17.2. The third kappa shape index (κ3) is 45.1. The lowest BCUT2D eigenvalue weighted by Gasteiger charge is -2.15. The van der Waals surface area contributed by atoms with E-state index in [0.29, 0.717) is 6.42 Å². The van der Waals surface area contributed by atoms with Gasteiger partial charge in [-0.2, -0.15) is 0 Å². The molecule has 2 atom stereocenters. The summed E-state index contributed by atoms with van der Waals surface area (Å²) in [6.45, 7) is 3.48. The molecule has 0 aromatic carbocycles. The van der Waals surface area contributed by atoms with Crippen LogP contribution < -0.4 is 5.32 Å². The molecule has 0 aromatic heterocycles. The molecule has 0 saturated heterocycles. The molecular formula is C48H88NO8P. The fraction of sp³-hybridized carbons (Fsp3) is 0.792. The number of phosphoric ester groups is 1. The molecule has 10 heteroatoms. The van der Waals surface area contributed by atoms with Gasteiger partial charge in [-0.25, -0.2) is 4.57 Å². The van der Waals surface area contributed by atoms with Crippen LogP contribution in [0.2, 0.25) is 0 Å². The fourth-order valence-electron chi connectivity index (χ4n) is 6.37. The molecular weight excluding hydrogens is 750 g/mol. The van der Waals surface area contributed by atoms with Crippen LogP contribution in [0.4, 0.5) is 0 Å². The molecule has 0 saturated carbocycles. The van der Waals surface area contributed by atoms with Crippen molar-refractivity contribution in [2.45, 2.75) is 219 Å². The van der Waals surface area contributed by atoms with Crippen LogP contribution in [0.3, 0.4) is 0 Å². The molecule has 3 N–H and O–H groups in total. The molecule has 338 valence electrons. The van der Waals surface area contributed by atoms with E-state index in [0.717, 1.165) is 70.6 Å². The molecule has 0 radical (unpaired) electrons. The average Bonchev–Trinajstić information content (AvgIpc) is 3.21. The number of aliphatic hydroxyl groups is 1. The van der Waals surface area contributed by atoms with E-state index >= 15 is 0 Å². The summed E-state index contributed by atoms with van der Waals surface area (Å²) in [5, 5.41) is 12.7. The van der Waals surface area contributed by atoms with Crippen LogP contribution in [-0.4, -0.2) is 54.3 Å². The van der Waals surface area contributed by atoms with Crippen molar-refractivity contribution in [3.05, 3.63) is 48.6 Å². The van der Waals surface area contributed by atoms with Crippen molar-refractivity contribution in [3.8, 4) is 0 Å². The number of esters is 1. The number of ether oxygens (including phenoxy) is 1. The Bertz CT molecular complexity index is 1090. The van der Waals surface area contributed by atoms with E-state index in [1.165, 1.54) is 116 Å². The van der Waals surface area contributed by atoms with Gasteiger partial charge in [-0.1, -0.05) is 178 Å². The Morgan fingerprint density at radius 1 is 0.534 bits per heavy atom. The molecule has 0 aliphatic heterocycles. The highest BCUT2D eigenvalue weighted by Crippen LogP contribution is 2.42. The number of carbonyl (C=O) groups excluding carboxylic acids is 2. The van der Waals surface area contributed by atoms with Crippen molar-refractivity contribution < 1.29 is 37.9 Å². The summed E-state index contributed by atoms with van der Waals surface area (Å²) in [6.07, 6.45) is 51.9. The summed E-state index contributed by atoms with van der Waals surface area (Å²) in [6, 6.07) is 0. The van der Waals surface area contributed by atoms with Crippen molar-refractivity contribution in [1.29, 1.82) is 0 Å². The topological polar surface area (TPSA) is 131 Å². The minimum Gasteiger partial charge on any atom is -0.463 e. The lowest BCUT2D eigenvalue weighted by Crippen LogP contribution is -2.27. The van der Waals surface area contributed by atoms with Crippen LogP contribution in [0.25, 0.3) is 0 Å². The largest absolute Gasteiger partial charge is 0.472 e. The predicted octanol–water partition coefficient (Wildman–Crippen LogP) is 13.5. The summed E-state index contributed by atoms with van der Waals surface area (Å²) in [4.78, 5) is 34.0. The minimum absolute atomic E-state index is 0.0734. The van der Waals surface area contributed by atoms with Crippen molar-refractivity contribution in [2.24, 2.45) is 0 Å². The molecule has 0 fully saturated rings. The zero-order valence-corrected chi connectivity index (χ0v) is 38.1. The molecule has 0 aliphatic rings. The molecule has 0 aromatic rings. The van der Waals surface area contributed by atoms with E-state index in [1.807, 2.05) is 0 Å². The standard InChI is InChI=1S/C48H88NO8P/c1-3-5-7-9-11-13-15-17-19-20-21-22-23-24-25-26-27-29-31-33-35-37-39-41-48(52)55-44-46(50)45-57-58(53,54)56-43-42-49-47(51)40-38-36-34-32-30-28-18-16-14-12-10-8-6-4-2/h10-13,16-19,46,50H,3-9,14-15,20-45H2,1-2H3,(H,49,51)(H,53,54)/b12-10-,13-11-,18-16-,19-17-. The number of hydrogen-bond acceptors (Lipinski definition) is 7. The maximum atomic E-state index is 12.1. The summed E-state index contributed by atoms with van der Waals surface area (Å²) in [7, 11) is -4.42. The lowest BCUT2D eigenvalue weighted by molar-refractivity contribution is -0.147. The van der Waals surface area contributed by atoms with Gasteiger partial charge in [0.05, 0.1) is 13.2 Å². The number of hydrogen-bond donors (Lipinski definition) is 3. The van der Waals surface area contributed by atoms with Gasteiger partial charge in [0.2, 0.25) is 5.91 Å². The van der Waals surface area contributed by atoms with Crippen LogP contribution in [0.5, 0.6) is 0 Å². The second-order valence-electron chi connectivity index (χ2n) is 15.7. The van der Waals surface area contributed by atoms with Gasteiger partial charge in [-0.05, 0) is 70.6 Å². The third-order valence-electron chi connectivity index (χ3n) is 9.98. The molecule has 58 heavy (non-hydrogen) atoms. The van der Waals surface area contributed by atoms with Crippen molar-refractivity contribution >= 4 is 19.7 Å². The maximum absolute atomic E-state index is 12.1. The van der Waals surface area contributed by atoms with Gasteiger partial charge >= 0.3 is 13.8 Å². The van der Waals surface area contributed by atoms with E-state index in [9.17, 15) is 24.2 Å². The third-order valence-corrected chi connectivity index (χ3v) is 11.0. The minimum atomic E-state index is -4.42. The molecule has 0 bridgehead atoms. The quantitative estimate of drug-likeness (QED) is 0.0239. The number of nitrogens with one attached hydrogen (secondary N) is 1. The van der Waals surface area contributed by atoms with Gasteiger partial charge in [-0.15, -0.1) is 0 Å². The van der Waals surface area contributed by atoms with Gasteiger partial charge in [0, 0.05) is 19.4 Å². The number of carbonyl (C=O) groups is 2. The molecule has 0 heterocycles. The molecule has 1 amide bonds. The Kier molecular flexibility index (Phi) is 43.0. The SMILES string of the molecule is CCCC/C=C\C/C=C\CCCCCCCC(=O)NCCOP(=O)(O)OCC(O)COC(=O)CCCCCCCCCCCCCCC/C=C\C/C=C\CCCCC. The second kappa shape index (κ2) is 44.5. The van der Waals surface area contributed by atoms with Crippen molar-refractivity contribution in [1.82, 2.24) is 5.32 Å². The van der Waals surface area contributed by atoms with Gasteiger partial charge in [0.1, 0.15) is 12.7 Å². The molecule has 9 nitrogen and oxygen atoms in total. The number of allylic oxidation sites excluding steroid dienone is 8. The number of rotatable bonds is 44. The highest BCUT2D eigenvalue weighted by atomic mass is 31.2. The van der Waals surface area contributed by atoms with E-state index in [4.69, 9.17) is 13.8 Å². The van der Waals surface area contributed by atoms with Gasteiger partial charge in [0.25, 0.3) is 0 Å². The number of phosphoric acid groups is 1. The highest BCUT2D eigenvalue weighted by molar-refractivity contribution is 7.47. The van der Waals surface area contributed by atoms with E-state index in [-0.39, 0.29) is 32.1 Å². The number of amides is 1. The smallest absolute Gasteiger partial charge is 0.463 e. The predicted molar refractivity (Wildman–Crippen MR) is 243 cm³/mol. The lowest BCUT2D eigenvalue weighted by atomic mass is 10.0. The first-order chi connectivity index (χ1) is 28.3. The number of unbranched alkanes of at least 4 members (excludes halogenated alkanes) is 23. The van der Waals surface area contributed by atoms with Crippen LogP contribution in [-0.2, 0) is 27.9 Å². The van der Waals surface area contributed by atoms with Crippen molar-refractivity contribution in [2.75, 3.05) is 26.4 Å². The van der Waals surface area contributed by atoms with Gasteiger partial charge in [-0.3, -0.25) is 18.6 Å². The summed E-state index contributed by atoms with van der Waals surface area (Å²) in [5.41, 5.74) is 0. The molecule has 0 aliphatic carbocycles. The molecule has 0 rings (SSSR count). The first kappa shape index (κ1) is 56.0. The van der Waals surface area contributed by atoms with Crippen LogP contribution in [0.1, 0.15) is 213 Å². The van der Waals surface area contributed by atoms with E-state index < -0.39 is 26.5 Å². The van der Waals surface area contributed by atoms with Gasteiger partial charge < -0.3 is 20.1 Å². The average molecular weight is 838 g/mol. The first-order valence-corrected chi connectivity index (χ1v) is 25.1. The van der Waals surface area contributed by atoms with Crippen LogP contribution >= 0.6 is 7.82 Å². The van der Waals surface area contributed by atoms with E-state index in [2.05, 4.69) is 67.8 Å². The summed E-state index contributed by atoms with van der Waals surface area (Å²) in [5.74, 6) is -0.530.